The molecular weight excluding hydrogens is 300 g/mol. The van der Waals surface area contributed by atoms with Crippen molar-refractivity contribution in [2.45, 2.75) is 0 Å². The van der Waals surface area contributed by atoms with Crippen molar-refractivity contribution in [3.63, 3.8) is 0 Å². The molecule has 4 radical (unpaired) electrons. The minimum atomic E-state index is 0.581. The maximum atomic E-state index is 3.53. The third-order valence-corrected chi connectivity index (χ3v) is 5.57. The van der Waals surface area contributed by atoms with Gasteiger partial charge in [-0.15, -0.1) is 0 Å². The Balaban J connectivity index is 1.75. The molecule has 0 fully saturated rings. The van der Waals surface area contributed by atoms with Gasteiger partial charge >= 0.3 is 0 Å². The van der Waals surface area contributed by atoms with Gasteiger partial charge in [0.15, 0.2) is 19.4 Å². The number of nitrogens with zero attached hydrogens (tertiary/aromatic N) is 1. The lowest BCUT2D eigenvalue weighted by Gasteiger charge is -2.23. The fraction of sp³-hybridized carbons (Fsp3) is 0. The molecular formula is C18H16N2Si2. The van der Waals surface area contributed by atoms with Gasteiger partial charge in [0, 0.05) is 5.69 Å². The first-order valence-electron chi connectivity index (χ1n) is 7.15. The zero-order valence-corrected chi connectivity index (χ0v) is 14.1. The number of benzene rings is 3. The van der Waals surface area contributed by atoms with Gasteiger partial charge in [-0.1, -0.05) is 78.9 Å². The first-order chi connectivity index (χ1) is 10.9. The lowest BCUT2D eigenvalue weighted by atomic mass is 10.3. The molecule has 0 aromatic heterocycles. The molecule has 0 spiro atoms. The van der Waals surface area contributed by atoms with E-state index in [0.717, 1.165) is 5.69 Å². The molecule has 0 atom stereocenters. The molecule has 3 aromatic carbocycles. The van der Waals surface area contributed by atoms with Crippen molar-refractivity contribution in [3.8, 4) is 0 Å². The lowest BCUT2D eigenvalue weighted by molar-refractivity contribution is 0.837. The van der Waals surface area contributed by atoms with Crippen LogP contribution in [0.25, 0.3) is 0 Å². The Morgan fingerprint density at radius 2 is 0.955 bits per heavy atom. The zero-order chi connectivity index (χ0) is 15.0. The normalized spacial score (nSPS) is 10.6. The van der Waals surface area contributed by atoms with Crippen molar-refractivity contribution in [1.82, 2.24) is 4.34 Å². The number of anilines is 1. The van der Waals surface area contributed by atoms with Gasteiger partial charge in [-0.2, -0.15) is 0 Å². The Kier molecular flexibility index (Phi) is 5.20. The van der Waals surface area contributed by atoms with Crippen LogP contribution in [0.4, 0.5) is 5.69 Å². The van der Waals surface area contributed by atoms with Gasteiger partial charge in [0.05, 0.1) is 0 Å². The topological polar surface area (TPSA) is 15.3 Å². The summed E-state index contributed by atoms with van der Waals surface area (Å²) in [7, 11) is 1.16. The second-order valence-electron chi connectivity index (χ2n) is 4.77. The van der Waals surface area contributed by atoms with E-state index in [-0.39, 0.29) is 0 Å². The summed E-state index contributed by atoms with van der Waals surface area (Å²) < 4.78 is 2.29. The molecule has 22 heavy (non-hydrogen) atoms. The number of para-hydroxylation sites is 1. The van der Waals surface area contributed by atoms with Crippen LogP contribution >= 0.6 is 0 Å². The molecule has 0 aliphatic carbocycles. The van der Waals surface area contributed by atoms with Crippen LogP contribution in [0.15, 0.2) is 91.0 Å². The van der Waals surface area contributed by atoms with E-state index in [4.69, 9.17) is 0 Å². The van der Waals surface area contributed by atoms with E-state index in [1.54, 1.807) is 0 Å². The molecule has 0 aliphatic rings. The van der Waals surface area contributed by atoms with E-state index in [1.165, 1.54) is 10.4 Å². The fourth-order valence-corrected chi connectivity index (χ4v) is 4.58. The lowest BCUT2D eigenvalue weighted by Crippen LogP contribution is -2.47. The Labute approximate surface area is 136 Å². The Bertz CT molecular complexity index is 577. The monoisotopic (exact) mass is 316 g/mol. The van der Waals surface area contributed by atoms with E-state index in [1.807, 2.05) is 6.07 Å². The number of hydrazine groups is 1. The summed E-state index contributed by atoms with van der Waals surface area (Å²) in [5.74, 6) is 0. The third kappa shape index (κ3) is 4.42. The molecule has 106 valence electrons. The fourth-order valence-electron chi connectivity index (χ4n) is 2.01. The van der Waals surface area contributed by atoms with Crippen molar-refractivity contribution in [3.05, 3.63) is 91.0 Å². The molecule has 0 bridgehead atoms. The van der Waals surface area contributed by atoms with Crippen LogP contribution in [-0.4, -0.2) is 23.7 Å². The molecule has 0 saturated carbocycles. The first kappa shape index (κ1) is 14.8. The van der Waals surface area contributed by atoms with Gasteiger partial charge in [0.25, 0.3) is 0 Å². The maximum Gasteiger partial charge on any atom is 0.197 e. The van der Waals surface area contributed by atoms with Gasteiger partial charge in [0.2, 0.25) is 0 Å². The average molecular weight is 317 g/mol. The summed E-state index contributed by atoms with van der Waals surface area (Å²) in [4.78, 5) is 0. The number of hydrogen-bond donors (Lipinski definition) is 1. The summed E-state index contributed by atoms with van der Waals surface area (Å²) in [6.45, 7) is 0. The minimum Gasteiger partial charge on any atom is -0.331 e. The van der Waals surface area contributed by atoms with Gasteiger partial charge < -0.3 is 5.43 Å². The molecule has 1 N–H and O–H groups in total. The van der Waals surface area contributed by atoms with E-state index in [9.17, 15) is 0 Å². The second-order valence-corrected chi connectivity index (χ2v) is 7.71. The molecule has 0 saturated heterocycles. The van der Waals surface area contributed by atoms with E-state index < -0.39 is 0 Å². The minimum absolute atomic E-state index is 0.581. The molecule has 3 aromatic rings. The van der Waals surface area contributed by atoms with Crippen LogP contribution in [0.5, 0.6) is 0 Å². The van der Waals surface area contributed by atoms with E-state index >= 15 is 0 Å². The highest BCUT2D eigenvalue weighted by Crippen LogP contribution is 2.05. The standard InChI is InChI=1S/C18H16N2Si2/c1-4-10-16(11-5-1)19-20(21-17-12-6-2-7-13-17)22-18-14-8-3-9-15-18/h1-15,19H. The molecule has 0 heterocycles. The predicted molar refractivity (Wildman–Crippen MR) is 95.6 cm³/mol. The summed E-state index contributed by atoms with van der Waals surface area (Å²) in [6.07, 6.45) is 0. The van der Waals surface area contributed by atoms with Crippen LogP contribution in [-0.2, 0) is 0 Å². The van der Waals surface area contributed by atoms with E-state index in [2.05, 4.69) is 94.7 Å². The molecule has 3 rings (SSSR count). The average Bonchev–Trinajstić information content (AvgIpc) is 2.57. The Hall–Kier alpha value is -2.15. The number of rotatable bonds is 6. The van der Waals surface area contributed by atoms with Crippen molar-refractivity contribution >= 4 is 35.4 Å². The number of nitrogens with one attached hydrogen (secondary N) is 1. The molecule has 4 heteroatoms. The van der Waals surface area contributed by atoms with Crippen LogP contribution in [0, 0.1) is 0 Å². The number of hydrogen-bond acceptors (Lipinski definition) is 2. The molecule has 0 amide bonds. The molecule has 0 aliphatic heterocycles. The van der Waals surface area contributed by atoms with Crippen molar-refractivity contribution < 1.29 is 0 Å². The first-order valence-corrected chi connectivity index (χ1v) is 9.05. The van der Waals surface area contributed by atoms with Crippen LogP contribution in [0.3, 0.4) is 0 Å². The highest BCUT2D eigenvalue weighted by Gasteiger charge is 2.10. The zero-order valence-electron chi connectivity index (χ0n) is 12.1. The van der Waals surface area contributed by atoms with E-state index in [0.29, 0.717) is 19.4 Å². The van der Waals surface area contributed by atoms with Gasteiger partial charge in [0.1, 0.15) is 0 Å². The second kappa shape index (κ2) is 7.75. The van der Waals surface area contributed by atoms with Crippen LogP contribution in [0.2, 0.25) is 0 Å². The maximum absolute atomic E-state index is 3.53. The summed E-state index contributed by atoms with van der Waals surface area (Å²) >= 11 is 0. The quantitative estimate of drug-likeness (QED) is 0.554. The largest absolute Gasteiger partial charge is 0.331 e. The molecule has 0 unspecified atom stereocenters. The SMILES string of the molecule is c1ccc(NN([Si]c2ccccc2)[Si]c2ccccc2)cc1. The third-order valence-electron chi connectivity index (χ3n) is 3.04. The van der Waals surface area contributed by atoms with Crippen molar-refractivity contribution in [2.24, 2.45) is 0 Å². The van der Waals surface area contributed by atoms with Crippen molar-refractivity contribution in [2.75, 3.05) is 5.43 Å². The highest BCUT2D eigenvalue weighted by atomic mass is 28.3. The van der Waals surface area contributed by atoms with Gasteiger partial charge in [-0.05, 0) is 22.5 Å². The van der Waals surface area contributed by atoms with Gasteiger partial charge in [-0.25, -0.2) is 0 Å². The van der Waals surface area contributed by atoms with Crippen LogP contribution in [0.1, 0.15) is 0 Å². The summed E-state index contributed by atoms with van der Waals surface area (Å²) in [6, 6.07) is 31.5. The molecule has 2 nitrogen and oxygen atoms in total. The smallest absolute Gasteiger partial charge is 0.197 e. The summed E-state index contributed by atoms with van der Waals surface area (Å²) in [5, 5.41) is 2.66. The van der Waals surface area contributed by atoms with Gasteiger partial charge in [-0.3, -0.25) is 4.34 Å². The highest BCUT2D eigenvalue weighted by molar-refractivity contribution is 6.66. The van der Waals surface area contributed by atoms with Crippen molar-refractivity contribution in [1.29, 1.82) is 0 Å². The Morgan fingerprint density at radius 3 is 1.41 bits per heavy atom. The Morgan fingerprint density at radius 1 is 0.545 bits per heavy atom. The predicted octanol–water partition coefficient (Wildman–Crippen LogP) is 2.20. The summed E-state index contributed by atoms with van der Waals surface area (Å²) in [5.41, 5.74) is 4.65. The van der Waals surface area contributed by atoms with Crippen LogP contribution < -0.4 is 15.8 Å².